The molecule has 1 aromatic heterocycles. The van der Waals surface area contributed by atoms with Crippen LogP contribution >= 0.6 is 11.8 Å². The summed E-state index contributed by atoms with van der Waals surface area (Å²) >= 11 is 2.01. The van der Waals surface area contributed by atoms with Crippen LogP contribution in [0.25, 0.3) is 0 Å². The van der Waals surface area contributed by atoms with Crippen LogP contribution in [-0.4, -0.2) is 27.2 Å². The Morgan fingerprint density at radius 1 is 1.73 bits per heavy atom. The average Bonchev–Trinajstić information content (AvgIpc) is 2.77. The first-order chi connectivity index (χ1) is 7.24. The number of rotatable bonds is 4. The number of nitrogens with zero attached hydrogens (tertiary/aromatic N) is 1. The maximum Gasteiger partial charge on any atom is 0.195 e. The number of hydrogen-bond donors (Lipinski definition) is 1. The number of aliphatic hydroxyl groups excluding tert-OH is 1. The van der Waals surface area contributed by atoms with Crippen molar-refractivity contribution in [3.8, 4) is 0 Å². The Balaban J connectivity index is 1.88. The third-order valence-corrected chi connectivity index (χ3v) is 3.92. The first-order valence-corrected chi connectivity index (χ1v) is 6.52. The lowest BCUT2D eigenvalue weighted by atomic mass is 10.2. The van der Waals surface area contributed by atoms with Gasteiger partial charge in [-0.15, -0.1) is 0 Å². The Morgan fingerprint density at radius 3 is 3.27 bits per heavy atom. The van der Waals surface area contributed by atoms with Gasteiger partial charge in [-0.05, 0) is 25.5 Å². The van der Waals surface area contributed by atoms with Gasteiger partial charge < -0.3 is 9.52 Å². The molecule has 15 heavy (non-hydrogen) atoms. The number of oxazole rings is 1. The van der Waals surface area contributed by atoms with Gasteiger partial charge in [0.2, 0.25) is 0 Å². The molecule has 0 radical (unpaired) electrons. The first kappa shape index (κ1) is 11.0. The molecule has 0 spiro atoms. The zero-order valence-corrected chi connectivity index (χ0v) is 9.80. The molecule has 2 atom stereocenters. The van der Waals surface area contributed by atoms with Gasteiger partial charge in [-0.1, -0.05) is 0 Å². The van der Waals surface area contributed by atoms with Crippen LogP contribution in [0.4, 0.5) is 0 Å². The van der Waals surface area contributed by atoms with E-state index < -0.39 is 0 Å². The topological polar surface area (TPSA) is 46.3 Å². The second-order valence-corrected chi connectivity index (χ2v) is 5.52. The van der Waals surface area contributed by atoms with E-state index in [1.165, 1.54) is 18.6 Å². The lowest BCUT2D eigenvalue weighted by molar-refractivity contribution is 0.186. The fourth-order valence-corrected chi connectivity index (χ4v) is 3.09. The van der Waals surface area contributed by atoms with Crippen molar-refractivity contribution in [2.45, 2.75) is 44.0 Å². The molecule has 1 aromatic rings. The van der Waals surface area contributed by atoms with Crippen LogP contribution in [0, 0.1) is 0 Å². The van der Waals surface area contributed by atoms with E-state index in [9.17, 15) is 5.11 Å². The molecule has 0 amide bonds. The zero-order chi connectivity index (χ0) is 10.7. The summed E-state index contributed by atoms with van der Waals surface area (Å²) < 4.78 is 5.57. The van der Waals surface area contributed by atoms with Gasteiger partial charge in [-0.3, -0.25) is 0 Å². The lowest BCUT2D eigenvalue weighted by Gasteiger charge is -2.03. The number of hydrogen-bond acceptors (Lipinski definition) is 4. The maximum absolute atomic E-state index is 9.21. The van der Waals surface area contributed by atoms with Crippen LogP contribution in [0.15, 0.2) is 10.6 Å². The monoisotopic (exact) mass is 227 g/mol. The van der Waals surface area contributed by atoms with Crippen molar-refractivity contribution in [2.24, 2.45) is 0 Å². The molecule has 1 N–H and O–H groups in total. The van der Waals surface area contributed by atoms with Crippen LogP contribution in [0.2, 0.25) is 0 Å². The van der Waals surface area contributed by atoms with Gasteiger partial charge in [0, 0.05) is 18.1 Å². The molecule has 3 nitrogen and oxygen atoms in total. The van der Waals surface area contributed by atoms with Crippen molar-refractivity contribution in [1.82, 2.24) is 4.98 Å². The van der Waals surface area contributed by atoms with Crippen molar-refractivity contribution in [2.75, 3.05) is 5.75 Å². The third kappa shape index (κ3) is 3.24. The molecule has 1 aliphatic rings. The predicted molar refractivity (Wildman–Crippen MR) is 61.1 cm³/mol. The Hall–Kier alpha value is -0.480. The summed E-state index contributed by atoms with van der Waals surface area (Å²) in [5.74, 6) is 2.89. The lowest BCUT2D eigenvalue weighted by Crippen LogP contribution is -2.03. The fraction of sp³-hybridized carbons (Fsp3) is 0.727. The highest BCUT2D eigenvalue weighted by atomic mass is 32.2. The Bertz CT molecular complexity index is 305. The van der Waals surface area contributed by atoms with E-state index in [4.69, 9.17) is 4.42 Å². The van der Waals surface area contributed by atoms with Crippen molar-refractivity contribution >= 4 is 11.8 Å². The highest BCUT2D eigenvalue weighted by Crippen LogP contribution is 2.28. The Morgan fingerprint density at radius 2 is 2.60 bits per heavy atom. The van der Waals surface area contributed by atoms with Gasteiger partial charge >= 0.3 is 0 Å². The molecule has 2 rings (SSSR count). The van der Waals surface area contributed by atoms with Crippen LogP contribution in [-0.2, 0) is 12.8 Å². The second-order valence-electron chi connectivity index (χ2n) is 4.11. The molecule has 1 aliphatic heterocycles. The molecule has 2 heterocycles. The Labute approximate surface area is 94.3 Å². The quantitative estimate of drug-likeness (QED) is 0.855. The van der Waals surface area contributed by atoms with Crippen LogP contribution in [0.5, 0.6) is 0 Å². The maximum atomic E-state index is 9.21. The normalized spacial score (nSPS) is 23.2. The second kappa shape index (κ2) is 5.03. The largest absolute Gasteiger partial charge is 0.446 e. The van der Waals surface area contributed by atoms with Crippen LogP contribution < -0.4 is 0 Å². The highest BCUT2D eigenvalue weighted by Gasteiger charge is 2.18. The number of aliphatic hydroxyl groups is 1. The standard InChI is InChI=1S/C11H17NO2S/c1-8(13)5-9-7-12-11(14-9)6-10-3-2-4-15-10/h7-8,10,13H,2-6H2,1H3. The molecule has 0 aromatic carbocycles. The molecule has 84 valence electrons. The van der Waals surface area contributed by atoms with Crippen molar-refractivity contribution in [3.05, 3.63) is 17.8 Å². The smallest absolute Gasteiger partial charge is 0.195 e. The van der Waals surface area contributed by atoms with Gasteiger partial charge in [0.15, 0.2) is 5.89 Å². The first-order valence-electron chi connectivity index (χ1n) is 5.47. The van der Waals surface area contributed by atoms with Crippen LogP contribution in [0.1, 0.15) is 31.4 Å². The van der Waals surface area contributed by atoms with Gasteiger partial charge in [0.05, 0.1) is 12.3 Å². The summed E-state index contributed by atoms with van der Waals surface area (Å²) in [5.41, 5.74) is 0. The fourth-order valence-electron chi connectivity index (χ4n) is 1.83. The molecule has 2 unspecified atom stereocenters. The summed E-state index contributed by atoms with van der Waals surface area (Å²) in [4.78, 5) is 4.24. The van der Waals surface area contributed by atoms with Crippen molar-refractivity contribution < 1.29 is 9.52 Å². The summed E-state index contributed by atoms with van der Waals surface area (Å²) in [6.45, 7) is 1.76. The van der Waals surface area contributed by atoms with Crippen LogP contribution in [0.3, 0.4) is 0 Å². The van der Waals surface area contributed by atoms with Gasteiger partial charge in [-0.2, -0.15) is 11.8 Å². The highest BCUT2D eigenvalue weighted by molar-refractivity contribution is 8.00. The average molecular weight is 227 g/mol. The minimum atomic E-state index is -0.355. The van der Waals surface area contributed by atoms with E-state index in [-0.39, 0.29) is 6.10 Å². The van der Waals surface area contributed by atoms with E-state index in [1.54, 1.807) is 13.1 Å². The van der Waals surface area contributed by atoms with E-state index in [2.05, 4.69) is 4.98 Å². The molecule has 0 aliphatic carbocycles. The van der Waals surface area contributed by atoms with E-state index in [0.717, 1.165) is 18.1 Å². The number of thioether (sulfide) groups is 1. The van der Waals surface area contributed by atoms with Gasteiger partial charge in [0.25, 0.3) is 0 Å². The molecule has 1 saturated heterocycles. The molecule has 0 bridgehead atoms. The Kier molecular flexibility index (Phi) is 3.70. The molecular formula is C11H17NO2S. The SMILES string of the molecule is CC(O)Cc1cnc(CC2CCCS2)o1. The summed E-state index contributed by atoms with van der Waals surface area (Å²) in [6.07, 6.45) is 5.47. The van der Waals surface area contributed by atoms with Crippen molar-refractivity contribution in [1.29, 1.82) is 0 Å². The predicted octanol–water partition coefficient (Wildman–Crippen LogP) is 2.04. The molecule has 4 heteroatoms. The molecule has 1 fully saturated rings. The van der Waals surface area contributed by atoms with Crippen molar-refractivity contribution in [3.63, 3.8) is 0 Å². The third-order valence-electron chi connectivity index (χ3n) is 2.52. The summed E-state index contributed by atoms with van der Waals surface area (Å²) in [5, 5.41) is 9.89. The number of aromatic nitrogens is 1. The van der Waals surface area contributed by atoms with E-state index in [0.29, 0.717) is 11.7 Å². The molecule has 0 saturated carbocycles. The van der Waals surface area contributed by atoms with E-state index in [1.807, 2.05) is 11.8 Å². The molecular weight excluding hydrogens is 210 g/mol. The minimum Gasteiger partial charge on any atom is -0.446 e. The summed E-state index contributed by atoms with van der Waals surface area (Å²) in [6, 6.07) is 0. The van der Waals surface area contributed by atoms with E-state index >= 15 is 0 Å². The van der Waals surface area contributed by atoms with Gasteiger partial charge in [0.1, 0.15) is 5.76 Å². The van der Waals surface area contributed by atoms with Gasteiger partial charge in [-0.25, -0.2) is 4.98 Å². The zero-order valence-electron chi connectivity index (χ0n) is 8.98. The summed E-state index contributed by atoms with van der Waals surface area (Å²) in [7, 11) is 0. The minimum absolute atomic E-state index is 0.355.